The van der Waals surface area contributed by atoms with E-state index >= 15 is 0 Å². The Kier molecular flexibility index (Phi) is 4.83. The van der Waals surface area contributed by atoms with Crippen molar-refractivity contribution in [3.05, 3.63) is 40.5 Å². The molecule has 0 radical (unpaired) electrons. The number of amides is 1. The zero-order valence-corrected chi connectivity index (χ0v) is 12.1. The molecule has 0 bridgehead atoms. The quantitative estimate of drug-likeness (QED) is 0.803. The van der Waals surface area contributed by atoms with Crippen LogP contribution in [0.3, 0.4) is 0 Å². The van der Waals surface area contributed by atoms with Crippen LogP contribution in [0.5, 0.6) is 0 Å². The first-order valence-corrected chi connectivity index (χ1v) is 7.02. The van der Waals surface area contributed by atoms with Gasteiger partial charge in [-0.05, 0) is 18.4 Å². The molecule has 0 aliphatic carbocycles. The van der Waals surface area contributed by atoms with Crippen LogP contribution >= 0.6 is 11.3 Å². The Morgan fingerprint density at radius 2 is 2.19 bits per heavy atom. The minimum Gasteiger partial charge on any atom is -0.451 e. The van der Waals surface area contributed by atoms with E-state index in [4.69, 9.17) is 10.5 Å². The molecule has 0 saturated carbocycles. The lowest BCUT2D eigenvalue weighted by Gasteiger charge is -2.12. The maximum atomic E-state index is 11.7. The van der Waals surface area contributed by atoms with E-state index in [9.17, 15) is 9.59 Å². The number of thiophene rings is 1. The number of nitrogens with zero attached hydrogens (tertiary/aromatic N) is 2. The standard InChI is InChI=1S/C13H14N4O3S/c1-8(9-3-2-6-21-9)17-10(18)7-20-13(19)11-12(14)16-5-4-15-11/h2-6,8H,7H2,1H3,(H2,14,16)(H,17,18)/t8-/m1/s1. The van der Waals surface area contributed by atoms with Gasteiger partial charge in [0.15, 0.2) is 18.1 Å². The summed E-state index contributed by atoms with van der Waals surface area (Å²) in [4.78, 5) is 31.9. The van der Waals surface area contributed by atoms with Gasteiger partial charge in [-0.15, -0.1) is 11.3 Å². The number of nitrogen functional groups attached to an aromatic ring is 1. The number of hydrogen-bond acceptors (Lipinski definition) is 7. The van der Waals surface area contributed by atoms with Crippen LogP contribution in [-0.2, 0) is 9.53 Å². The van der Waals surface area contributed by atoms with Crippen LogP contribution in [0.1, 0.15) is 28.3 Å². The molecule has 21 heavy (non-hydrogen) atoms. The molecular weight excluding hydrogens is 292 g/mol. The summed E-state index contributed by atoms with van der Waals surface area (Å²) in [6.45, 7) is 1.46. The van der Waals surface area contributed by atoms with Crippen LogP contribution < -0.4 is 11.1 Å². The lowest BCUT2D eigenvalue weighted by atomic mass is 10.3. The lowest BCUT2D eigenvalue weighted by Crippen LogP contribution is -2.31. The highest BCUT2D eigenvalue weighted by molar-refractivity contribution is 7.10. The Balaban J connectivity index is 1.84. The monoisotopic (exact) mass is 306 g/mol. The van der Waals surface area contributed by atoms with Crippen molar-refractivity contribution in [1.82, 2.24) is 15.3 Å². The fourth-order valence-electron chi connectivity index (χ4n) is 1.60. The maximum Gasteiger partial charge on any atom is 0.361 e. The minimum absolute atomic E-state index is 0.0325. The number of nitrogens with one attached hydrogen (secondary N) is 1. The van der Waals surface area contributed by atoms with Gasteiger partial charge in [0.1, 0.15) is 0 Å². The van der Waals surface area contributed by atoms with Crippen molar-refractivity contribution >= 4 is 29.0 Å². The van der Waals surface area contributed by atoms with Gasteiger partial charge in [0.2, 0.25) is 0 Å². The fraction of sp³-hybridized carbons (Fsp3) is 0.231. The molecule has 7 nitrogen and oxygen atoms in total. The van der Waals surface area contributed by atoms with Crippen molar-refractivity contribution < 1.29 is 14.3 Å². The first-order valence-electron chi connectivity index (χ1n) is 6.14. The molecule has 0 spiro atoms. The topological polar surface area (TPSA) is 107 Å². The molecule has 8 heteroatoms. The summed E-state index contributed by atoms with van der Waals surface area (Å²) in [5, 5.41) is 4.66. The van der Waals surface area contributed by atoms with Gasteiger partial charge in [-0.25, -0.2) is 14.8 Å². The third-order valence-corrected chi connectivity index (χ3v) is 3.66. The number of carbonyl (C=O) groups excluding carboxylic acids is 2. The van der Waals surface area contributed by atoms with Crippen LogP contribution in [0.25, 0.3) is 0 Å². The summed E-state index contributed by atoms with van der Waals surface area (Å²) in [7, 11) is 0. The van der Waals surface area contributed by atoms with E-state index in [1.165, 1.54) is 23.7 Å². The highest BCUT2D eigenvalue weighted by Crippen LogP contribution is 2.17. The fourth-order valence-corrected chi connectivity index (χ4v) is 2.33. The Bertz CT molecular complexity index is 630. The van der Waals surface area contributed by atoms with Gasteiger partial charge in [-0.1, -0.05) is 6.07 Å². The highest BCUT2D eigenvalue weighted by atomic mass is 32.1. The number of esters is 1. The number of ether oxygens (including phenoxy) is 1. The average molecular weight is 306 g/mol. The van der Waals surface area contributed by atoms with E-state index in [-0.39, 0.29) is 17.6 Å². The van der Waals surface area contributed by atoms with Crippen LogP contribution in [-0.4, -0.2) is 28.5 Å². The first-order chi connectivity index (χ1) is 10.1. The highest BCUT2D eigenvalue weighted by Gasteiger charge is 2.16. The Morgan fingerprint density at radius 3 is 2.86 bits per heavy atom. The second-order valence-electron chi connectivity index (χ2n) is 4.17. The van der Waals surface area contributed by atoms with E-state index in [1.807, 2.05) is 24.4 Å². The number of rotatable bonds is 5. The molecule has 0 unspecified atom stereocenters. The van der Waals surface area contributed by atoms with Gasteiger partial charge < -0.3 is 15.8 Å². The van der Waals surface area contributed by atoms with Crippen LogP contribution in [0, 0.1) is 0 Å². The van der Waals surface area contributed by atoms with Gasteiger partial charge in [-0.2, -0.15) is 0 Å². The molecule has 2 rings (SSSR count). The van der Waals surface area contributed by atoms with Crippen molar-refractivity contribution in [2.24, 2.45) is 0 Å². The first kappa shape index (κ1) is 14.9. The van der Waals surface area contributed by atoms with Crippen molar-refractivity contribution in [3.63, 3.8) is 0 Å². The Labute approximate surface area is 125 Å². The molecule has 3 N–H and O–H groups in total. The molecule has 2 heterocycles. The molecule has 1 amide bonds. The van der Waals surface area contributed by atoms with Gasteiger partial charge in [-0.3, -0.25) is 4.79 Å². The number of carbonyl (C=O) groups is 2. The summed E-state index contributed by atoms with van der Waals surface area (Å²) in [6, 6.07) is 3.68. The number of nitrogens with two attached hydrogens (primary N) is 1. The summed E-state index contributed by atoms with van der Waals surface area (Å²) in [6.07, 6.45) is 2.69. The maximum absolute atomic E-state index is 11.7. The average Bonchev–Trinajstić information content (AvgIpc) is 2.99. The van der Waals surface area contributed by atoms with Crippen LogP contribution in [0.4, 0.5) is 5.82 Å². The molecule has 1 atom stereocenters. The molecule has 0 aromatic carbocycles. The summed E-state index contributed by atoms with van der Waals surface area (Å²) in [5.41, 5.74) is 5.40. The van der Waals surface area contributed by atoms with E-state index in [0.29, 0.717) is 0 Å². The predicted octanol–water partition coefficient (Wildman–Crippen LogP) is 1.15. The summed E-state index contributed by atoms with van der Waals surface area (Å²) >= 11 is 1.54. The van der Waals surface area contributed by atoms with E-state index in [1.54, 1.807) is 0 Å². The third-order valence-electron chi connectivity index (χ3n) is 2.60. The molecule has 0 saturated heterocycles. The molecule has 110 valence electrons. The second-order valence-corrected chi connectivity index (χ2v) is 5.15. The van der Waals surface area contributed by atoms with Crippen molar-refractivity contribution in [2.45, 2.75) is 13.0 Å². The second kappa shape index (κ2) is 6.80. The van der Waals surface area contributed by atoms with Gasteiger partial charge in [0.25, 0.3) is 5.91 Å². The van der Waals surface area contributed by atoms with Gasteiger partial charge in [0.05, 0.1) is 6.04 Å². The molecule has 0 fully saturated rings. The molecule has 2 aromatic heterocycles. The van der Waals surface area contributed by atoms with Crippen molar-refractivity contribution in [2.75, 3.05) is 12.3 Å². The van der Waals surface area contributed by atoms with Crippen molar-refractivity contribution in [1.29, 1.82) is 0 Å². The number of anilines is 1. The SMILES string of the molecule is C[C@@H](NC(=O)COC(=O)c1nccnc1N)c1cccs1. The molecule has 0 aliphatic heterocycles. The van der Waals surface area contributed by atoms with E-state index in [0.717, 1.165) is 4.88 Å². The normalized spacial score (nSPS) is 11.7. The zero-order valence-electron chi connectivity index (χ0n) is 11.3. The molecule has 0 aliphatic rings. The van der Waals surface area contributed by atoms with Gasteiger partial charge >= 0.3 is 5.97 Å². The van der Waals surface area contributed by atoms with E-state index in [2.05, 4.69) is 15.3 Å². The van der Waals surface area contributed by atoms with Crippen LogP contribution in [0.2, 0.25) is 0 Å². The largest absolute Gasteiger partial charge is 0.451 e. The predicted molar refractivity (Wildman–Crippen MR) is 77.6 cm³/mol. The van der Waals surface area contributed by atoms with E-state index < -0.39 is 18.5 Å². The Morgan fingerprint density at radius 1 is 1.43 bits per heavy atom. The summed E-state index contributed by atoms with van der Waals surface area (Å²) in [5.74, 6) is -1.21. The smallest absolute Gasteiger partial charge is 0.361 e. The summed E-state index contributed by atoms with van der Waals surface area (Å²) < 4.78 is 4.86. The minimum atomic E-state index is -0.778. The number of hydrogen-bond donors (Lipinski definition) is 2. The molecular formula is C13H14N4O3S. The lowest BCUT2D eigenvalue weighted by molar-refractivity contribution is -0.124. The third kappa shape index (κ3) is 3.99. The van der Waals surface area contributed by atoms with Crippen LogP contribution in [0.15, 0.2) is 29.9 Å². The zero-order chi connectivity index (χ0) is 15.2. The molecule has 2 aromatic rings. The Hall–Kier alpha value is -2.48. The van der Waals surface area contributed by atoms with Gasteiger partial charge in [0, 0.05) is 17.3 Å². The number of aromatic nitrogens is 2. The van der Waals surface area contributed by atoms with Crippen molar-refractivity contribution in [3.8, 4) is 0 Å².